The van der Waals surface area contributed by atoms with Gasteiger partial charge in [-0.25, -0.2) is 9.37 Å². The lowest BCUT2D eigenvalue weighted by molar-refractivity contribution is -0.118. The Morgan fingerprint density at radius 1 is 1.25 bits per heavy atom. The van der Waals surface area contributed by atoms with E-state index >= 15 is 0 Å². The molecule has 2 heterocycles. The minimum atomic E-state index is -0.308. The number of ether oxygens (including phenoxy) is 1. The molecule has 0 radical (unpaired) electrons. The van der Waals surface area contributed by atoms with Gasteiger partial charge in [0, 0.05) is 31.2 Å². The Morgan fingerprint density at radius 3 is 2.69 bits per heavy atom. The number of aryl methyl sites for hydroxylation is 1. The molecular formula is C23H26Cl2FN3O2S. The van der Waals surface area contributed by atoms with Crippen molar-refractivity contribution in [2.45, 2.75) is 19.8 Å². The van der Waals surface area contributed by atoms with E-state index in [-0.39, 0.29) is 30.6 Å². The summed E-state index contributed by atoms with van der Waals surface area (Å²) in [6, 6.07) is 9.85. The number of aromatic nitrogens is 1. The predicted molar refractivity (Wildman–Crippen MR) is 131 cm³/mol. The zero-order valence-corrected chi connectivity index (χ0v) is 20.2. The average Bonchev–Trinajstić information content (AvgIpc) is 3.17. The summed E-state index contributed by atoms with van der Waals surface area (Å²) < 4.78 is 19.6. The number of anilines is 1. The molecule has 0 bridgehead atoms. The average molecular weight is 498 g/mol. The van der Waals surface area contributed by atoms with Crippen LogP contribution >= 0.6 is 35.3 Å². The van der Waals surface area contributed by atoms with E-state index in [1.54, 1.807) is 17.0 Å². The molecule has 5 nitrogen and oxygen atoms in total. The first-order valence-corrected chi connectivity index (χ1v) is 11.6. The quantitative estimate of drug-likeness (QED) is 0.454. The van der Waals surface area contributed by atoms with E-state index < -0.39 is 0 Å². The second-order valence-corrected chi connectivity index (χ2v) is 9.17. The summed E-state index contributed by atoms with van der Waals surface area (Å²) in [6.07, 6.45) is 1.04. The number of thiazole rings is 1. The van der Waals surface area contributed by atoms with Crippen molar-refractivity contribution in [1.82, 2.24) is 9.88 Å². The van der Waals surface area contributed by atoms with Crippen molar-refractivity contribution in [3.63, 3.8) is 0 Å². The van der Waals surface area contributed by atoms with Crippen LogP contribution in [-0.4, -0.2) is 55.2 Å². The van der Waals surface area contributed by atoms with Crippen LogP contribution in [0, 0.1) is 12.7 Å². The lowest BCUT2D eigenvalue weighted by atomic mass is 10.1. The van der Waals surface area contributed by atoms with Crippen LogP contribution < -0.4 is 4.90 Å². The first kappa shape index (κ1) is 24.9. The van der Waals surface area contributed by atoms with Crippen LogP contribution in [-0.2, 0) is 16.0 Å². The van der Waals surface area contributed by atoms with Crippen LogP contribution in [0.2, 0.25) is 5.02 Å². The third-order valence-electron chi connectivity index (χ3n) is 5.40. The van der Waals surface area contributed by atoms with Crippen molar-refractivity contribution in [3.05, 3.63) is 58.4 Å². The van der Waals surface area contributed by atoms with Crippen molar-refractivity contribution in [2.75, 3.05) is 44.3 Å². The molecular weight excluding hydrogens is 472 g/mol. The highest BCUT2D eigenvalue weighted by atomic mass is 35.5. The SMILES string of the molecule is Cc1cc(Cl)cc2sc(N(CCCN3CCOCC3)C(=O)Cc3ccc(F)cc3)nc12.Cl. The Labute approximate surface area is 202 Å². The monoisotopic (exact) mass is 497 g/mol. The number of amides is 1. The van der Waals surface area contributed by atoms with Gasteiger partial charge >= 0.3 is 0 Å². The molecule has 0 spiro atoms. The van der Waals surface area contributed by atoms with Gasteiger partial charge in [0.05, 0.1) is 29.9 Å². The number of carbonyl (C=O) groups excluding carboxylic acids is 1. The van der Waals surface area contributed by atoms with Gasteiger partial charge in [-0.15, -0.1) is 12.4 Å². The number of nitrogens with zero attached hydrogens (tertiary/aromatic N) is 3. The fourth-order valence-corrected chi connectivity index (χ4v) is 5.20. The standard InChI is InChI=1S/C23H25ClFN3O2S.ClH/c1-16-13-18(24)15-20-22(16)26-23(31-20)28(8-2-7-27-9-11-30-12-10-27)21(29)14-17-3-5-19(25)6-4-17;/h3-6,13,15H,2,7-12,14H2,1H3;1H. The van der Waals surface area contributed by atoms with Crippen molar-refractivity contribution in [1.29, 1.82) is 0 Å². The number of hydrogen-bond donors (Lipinski definition) is 0. The zero-order valence-electron chi connectivity index (χ0n) is 17.9. The van der Waals surface area contributed by atoms with Gasteiger partial charge < -0.3 is 4.74 Å². The number of halogens is 3. The summed E-state index contributed by atoms with van der Waals surface area (Å²) in [5, 5.41) is 1.34. The number of benzene rings is 2. The van der Waals surface area contributed by atoms with E-state index in [0.29, 0.717) is 16.7 Å². The van der Waals surface area contributed by atoms with Gasteiger partial charge in [-0.05, 0) is 48.7 Å². The van der Waals surface area contributed by atoms with Crippen LogP contribution in [0.25, 0.3) is 10.2 Å². The zero-order chi connectivity index (χ0) is 21.8. The second-order valence-electron chi connectivity index (χ2n) is 7.72. The van der Waals surface area contributed by atoms with Crippen LogP contribution in [0.4, 0.5) is 9.52 Å². The van der Waals surface area contributed by atoms with Gasteiger partial charge in [-0.1, -0.05) is 35.1 Å². The maximum atomic E-state index is 13.3. The highest BCUT2D eigenvalue weighted by molar-refractivity contribution is 7.22. The van der Waals surface area contributed by atoms with Crippen molar-refractivity contribution in [3.8, 4) is 0 Å². The largest absolute Gasteiger partial charge is 0.379 e. The summed E-state index contributed by atoms with van der Waals surface area (Å²) in [6.45, 7) is 6.80. The van der Waals surface area contributed by atoms with Crippen molar-refractivity contribution >= 4 is 56.6 Å². The second kappa shape index (κ2) is 11.4. The Kier molecular flexibility index (Phi) is 8.85. The summed E-state index contributed by atoms with van der Waals surface area (Å²) in [5.74, 6) is -0.353. The molecule has 0 saturated carbocycles. The molecule has 0 atom stereocenters. The minimum Gasteiger partial charge on any atom is -0.379 e. The molecule has 1 fully saturated rings. The fraction of sp³-hybridized carbons (Fsp3) is 0.391. The molecule has 9 heteroatoms. The maximum Gasteiger partial charge on any atom is 0.233 e. The van der Waals surface area contributed by atoms with Gasteiger partial charge in [0.1, 0.15) is 5.82 Å². The number of hydrogen-bond acceptors (Lipinski definition) is 5. The molecule has 1 aromatic heterocycles. The van der Waals surface area contributed by atoms with E-state index in [1.807, 2.05) is 19.1 Å². The first-order chi connectivity index (χ1) is 15.0. The summed E-state index contributed by atoms with van der Waals surface area (Å²) in [4.78, 5) is 22.1. The third kappa shape index (κ3) is 6.17. The Morgan fingerprint density at radius 2 is 1.97 bits per heavy atom. The van der Waals surface area contributed by atoms with Gasteiger partial charge in [0.15, 0.2) is 5.13 Å². The molecule has 172 valence electrons. The predicted octanol–water partition coefficient (Wildman–Crippen LogP) is 5.12. The van der Waals surface area contributed by atoms with Crippen LogP contribution in [0.3, 0.4) is 0 Å². The topological polar surface area (TPSA) is 45.7 Å². The lowest BCUT2D eigenvalue weighted by Crippen LogP contribution is -2.39. The molecule has 1 saturated heterocycles. The van der Waals surface area contributed by atoms with Gasteiger partial charge in [-0.3, -0.25) is 14.6 Å². The molecule has 0 unspecified atom stereocenters. The number of carbonyl (C=O) groups is 1. The fourth-order valence-electron chi connectivity index (χ4n) is 3.73. The van der Waals surface area contributed by atoms with Crippen LogP contribution in [0.5, 0.6) is 0 Å². The van der Waals surface area contributed by atoms with Crippen molar-refractivity contribution < 1.29 is 13.9 Å². The van der Waals surface area contributed by atoms with E-state index in [4.69, 9.17) is 21.3 Å². The van der Waals surface area contributed by atoms with Crippen LogP contribution in [0.15, 0.2) is 36.4 Å². The lowest BCUT2D eigenvalue weighted by Gasteiger charge is -2.27. The van der Waals surface area contributed by atoms with E-state index in [1.165, 1.54) is 23.5 Å². The molecule has 0 N–H and O–H groups in total. The van der Waals surface area contributed by atoms with Crippen LogP contribution in [0.1, 0.15) is 17.5 Å². The number of fused-ring (bicyclic) bond motifs is 1. The molecule has 2 aromatic carbocycles. The molecule has 1 aliphatic heterocycles. The summed E-state index contributed by atoms with van der Waals surface area (Å²) in [7, 11) is 0. The molecule has 3 aromatic rings. The van der Waals surface area contributed by atoms with Gasteiger partial charge in [0.25, 0.3) is 0 Å². The number of rotatable bonds is 7. The molecule has 1 aliphatic rings. The highest BCUT2D eigenvalue weighted by Crippen LogP contribution is 2.33. The highest BCUT2D eigenvalue weighted by Gasteiger charge is 2.21. The van der Waals surface area contributed by atoms with E-state index in [9.17, 15) is 9.18 Å². The van der Waals surface area contributed by atoms with E-state index in [0.717, 1.165) is 60.6 Å². The van der Waals surface area contributed by atoms with Gasteiger partial charge in [-0.2, -0.15) is 0 Å². The Balaban J connectivity index is 0.00000289. The number of morpholine rings is 1. The first-order valence-electron chi connectivity index (χ1n) is 10.4. The smallest absolute Gasteiger partial charge is 0.233 e. The summed E-state index contributed by atoms with van der Waals surface area (Å²) in [5.41, 5.74) is 2.64. The van der Waals surface area contributed by atoms with Crippen molar-refractivity contribution in [2.24, 2.45) is 0 Å². The molecule has 4 rings (SSSR count). The molecule has 32 heavy (non-hydrogen) atoms. The third-order valence-corrected chi connectivity index (χ3v) is 6.64. The minimum absolute atomic E-state index is 0. The summed E-state index contributed by atoms with van der Waals surface area (Å²) >= 11 is 7.69. The van der Waals surface area contributed by atoms with E-state index in [2.05, 4.69) is 4.90 Å². The van der Waals surface area contributed by atoms with Gasteiger partial charge in [0.2, 0.25) is 5.91 Å². The molecule has 0 aliphatic carbocycles. The Bertz CT molecular complexity index is 1060. The maximum absolute atomic E-state index is 13.3. The molecule has 1 amide bonds. The normalized spacial score (nSPS) is 14.3. The Hall–Kier alpha value is -1.77.